The Balaban J connectivity index is 1.03. The molecule has 8 aliphatic rings. The summed E-state index contributed by atoms with van der Waals surface area (Å²) >= 11 is 0. The topological polar surface area (TPSA) is 110 Å². The van der Waals surface area contributed by atoms with Crippen molar-refractivity contribution in [3.63, 3.8) is 0 Å². The zero-order chi connectivity index (χ0) is 34.2. The Morgan fingerprint density at radius 1 is 1.04 bits per heavy atom. The first-order chi connectivity index (χ1) is 22.5. The molecule has 5 saturated carbocycles. The summed E-state index contributed by atoms with van der Waals surface area (Å²) in [7, 11) is 0. The van der Waals surface area contributed by atoms with E-state index in [4.69, 9.17) is 18.9 Å². The molecule has 8 fully saturated rings. The van der Waals surface area contributed by atoms with Crippen LogP contribution in [-0.4, -0.2) is 102 Å². The van der Waals surface area contributed by atoms with E-state index in [1.54, 1.807) is 13.8 Å². The smallest absolute Gasteiger partial charge is 0.303 e. The molecule has 0 aromatic rings. The van der Waals surface area contributed by atoms with Crippen molar-refractivity contribution in [2.45, 2.75) is 155 Å². The SMILES string of the molecule is CC(=O)O[C@@H](C1C[C@@H](C)C2C(O1)[C@H](O)[C@@]1(C)[C@@H]3CC[C@H]4C(C)(C)C(OC5CN(C6CNC6)CCO5)CC[C@@]45CC35CC[C@]21C)C(C)(C)O. The number of hydrogen-bond donors (Lipinski definition) is 3. The highest BCUT2D eigenvalue weighted by Crippen LogP contribution is 2.89. The predicted octanol–water partition coefficient (Wildman–Crippen LogP) is 4.52. The third kappa shape index (κ3) is 4.55. The first-order valence-corrected chi connectivity index (χ1v) is 19.4. The summed E-state index contributed by atoms with van der Waals surface area (Å²) in [5.41, 5.74) is -0.903. The van der Waals surface area contributed by atoms with E-state index in [-0.39, 0.29) is 52.0 Å². The second-order valence-electron chi connectivity index (χ2n) is 19.5. The van der Waals surface area contributed by atoms with Crippen LogP contribution in [0.4, 0.5) is 0 Å². The standard InChI is InChI=1S/C39H64N2O7/c1-22-17-25(33(35(5,6)44)46-23(2)42)47-31-30(22)36(7)13-14-39-21-38(39)12-11-28(48-29-20-41(15-16-45-29)24-18-40-19-24)34(3,4)26(38)9-10-27(39)37(36,8)32(31)43/h22,24-33,40,43-44H,9-21H2,1-8H3/t22-,25?,26+,27+,28?,29?,30?,31?,32+,33+,36-,37-,38-,39?/m1/s1. The van der Waals surface area contributed by atoms with E-state index in [2.05, 4.69) is 44.8 Å². The molecule has 3 heterocycles. The van der Waals surface area contributed by atoms with Crippen LogP contribution in [-0.2, 0) is 23.7 Å². The summed E-state index contributed by atoms with van der Waals surface area (Å²) in [4.78, 5) is 14.7. The molecule has 8 rings (SSSR count). The molecule has 0 bridgehead atoms. The first-order valence-electron chi connectivity index (χ1n) is 19.4. The number of aliphatic hydroxyl groups excluding tert-OH is 1. The van der Waals surface area contributed by atoms with E-state index >= 15 is 0 Å². The summed E-state index contributed by atoms with van der Waals surface area (Å²) in [6, 6.07) is 0.619. The van der Waals surface area contributed by atoms with E-state index in [9.17, 15) is 15.0 Å². The number of fused-ring (bicyclic) bond motifs is 4. The van der Waals surface area contributed by atoms with Crippen LogP contribution in [0.25, 0.3) is 0 Å². The Hall–Kier alpha value is -0.810. The Morgan fingerprint density at radius 3 is 2.42 bits per heavy atom. The molecule has 272 valence electrons. The third-order valence-electron chi connectivity index (χ3n) is 16.8. The van der Waals surface area contributed by atoms with E-state index in [1.807, 2.05) is 0 Å². The minimum absolute atomic E-state index is 0.0460. The molecule has 6 unspecified atom stereocenters. The molecule has 0 radical (unpaired) electrons. The van der Waals surface area contributed by atoms with Crippen LogP contribution in [0.1, 0.15) is 107 Å². The Labute approximate surface area is 288 Å². The predicted molar refractivity (Wildman–Crippen MR) is 181 cm³/mol. The molecule has 0 amide bonds. The minimum Gasteiger partial charge on any atom is -0.457 e. The van der Waals surface area contributed by atoms with E-state index in [0.29, 0.717) is 29.7 Å². The Kier molecular flexibility index (Phi) is 7.93. The molecule has 3 saturated heterocycles. The fraction of sp³-hybridized carbons (Fsp3) is 0.974. The molecule has 14 atom stereocenters. The number of carbonyl (C=O) groups excluding carboxylic acids is 1. The summed E-state index contributed by atoms with van der Waals surface area (Å²) in [5.74, 6) is 1.15. The van der Waals surface area contributed by atoms with Gasteiger partial charge in [-0.2, -0.15) is 0 Å². The first kappa shape index (κ1) is 34.3. The van der Waals surface area contributed by atoms with Gasteiger partial charge in [0, 0.05) is 44.6 Å². The van der Waals surface area contributed by atoms with Crippen LogP contribution in [0.15, 0.2) is 0 Å². The van der Waals surface area contributed by atoms with Gasteiger partial charge in [0.25, 0.3) is 0 Å². The Bertz CT molecular complexity index is 1280. The maximum atomic E-state index is 12.6. The number of esters is 1. The lowest BCUT2D eigenvalue weighted by Gasteiger charge is -2.64. The lowest BCUT2D eigenvalue weighted by Crippen LogP contribution is -2.62. The van der Waals surface area contributed by atoms with Gasteiger partial charge in [-0.05, 0) is 111 Å². The van der Waals surface area contributed by atoms with E-state index in [1.165, 1.54) is 32.6 Å². The second-order valence-corrected chi connectivity index (χ2v) is 19.5. The average molecular weight is 673 g/mol. The van der Waals surface area contributed by atoms with Crippen molar-refractivity contribution >= 4 is 5.97 Å². The van der Waals surface area contributed by atoms with Gasteiger partial charge in [-0.25, -0.2) is 0 Å². The van der Waals surface area contributed by atoms with Crippen molar-refractivity contribution in [2.24, 2.45) is 50.7 Å². The van der Waals surface area contributed by atoms with Crippen LogP contribution in [0.2, 0.25) is 0 Å². The van der Waals surface area contributed by atoms with Crippen molar-refractivity contribution < 1.29 is 34.0 Å². The van der Waals surface area contributed by atoms with Gasteiger partial charge in [-0.15, -0.1) is 0 Å². The summed E-state index contributed by atoms with van der Waals surface area (Å²) in [6.45, 7) is 21.7. The van der Waals surface area contributed by atoms with Crippen LogP contribution in [0.5, 0.6) is 0 Å². The van der Waals surface area contributed by atoms with Gasteiger partial charge >= 0.3 is 5.97 Å². The monoisotopic (exact) mass is 672 g/mol. The highest BCUT2D eigenvalue weighted by molar-refractivity contribution is 5.66. The number of hydrogen-bond acceptors (Lipinski definition) is 9. The molecule has 5 aliphatic carbocycles. The van der Waals surface area contributed by atoms with Crippen LogP contribution in [0.3, 0.4) is 0 Å². The van der Waals surface area contributed by atoms with Gasteiger partial charge in [0.15, 0.2) is 12.4 Å². The highest BCUT2D eigenvalue weighted by Gasteiger charge is 2.84. The summed E-state index contributed by atoms with van der Waals surface area (Å²) in [6.07, 6.45) is 6.87. The minimum atomic E-state index is -1.25. The number of morpholine rings is 1. The Morgan fingerprint density at radius 2 is 1.75 bits per heavy atom. The van der Waals surface area contributed by atoms with Gasteiger partial charge in [-0.1, -0.05) is 34.6 Å². The maximum Gasteiger partial charge on any atom is 0.303 e. The van der Waals surface area contributed by atoms with Gasteiger partial charge < -0.3 is 34.5 Å². The second kappa shape index (κ2) is 11.1. The van der Waals surface area contributed by atoms with Gasteiger partial charge in [0.1, 0.15) is 0 Å². The molecule has 9 nitrogen and oxygen atoms in total. The molecule has 0 aromatic carbocycles. The van der Waals surface area contributed by atoms with Crippen LogP contribution < -0.4 is 5.32 Å². The number of rotatable bonds is 6. The van der Waals surface area contributed by atoms with Crippen molar-refractivity contribution in [1.82, 2.24) is 10.2 Å². The lowest BCUT2D eigenvalue weighted by atomic mass is 9.41. The zero-order valence-corrected chi connectivity index (χ0v) is 30.9. The van der Waals surface area contributed by atoms with Gasteiger partial charge in [-0.3, -0.25) is 9.69 Å². The fourth-order valence-electron chi connectivity index (χ4n) is 14.4. The molecule has 3 N–H and O–H groups in total. The van der Waals surface area contributed by atoms with E-state index in [0.717, 1.165) is 52.0 Å². The number of ether oxygens (including phenoxy) is 4. The fourth-order valence-corrected chi connectivity index (χ4v) is 14.4. The molecule has 48 heavy (non-hydrogen) atoms. The van der Waals surface area contributed by atoms with Gasteiger partial charge in [0.05, 0.1) is 36.6 Å². The molecule has 9 heteroatoms. The van der Waals surface area contributed by atoms with Crippen molar-refractivity contribution in [3.8, 4) is 0 Å². The van der Waals surface area contributed by atoms with E-state index < -0.39 is 29.9 Å². The van der Waals surface area contributed by atoms with Crippen molar-refractivity contribution in [3.05, 3.63) is 0 Å². The summed E-state index contributed by atoms with van der Waals surface area (Å²) < 4.78 is 25.7. The highest BCUT2D eigenvalue weighted by atomic mass is 16.7. The third-order valence-corrected chi connectivity index (χ3v) is 16.8. The van der Waals surface area contributed by atoms with Crippen molar-refractivity contribution in [1.29, 1.82) is 0 Å². The molecular formula is C39H64N2O7. The van der Waals surface area contributed by atoms with Crippen LogP contribution in [0, 0.1) is 50.7 Å². The average Bonchev–Trinajstić information content (AvgIpc) is 3.61. The number of nitrogens with zero attached hydrogens (tertiary/aromatic N) is 1. The molecule has 3 aliphatic heterocycles. The maximum absolute atomic E-state index is 12.6. The quantitative estimate of drug-likeness (QED) is 0.351. The molecular weight excluding hydrogens is 608 g/mol. The number of aliphatic hydroxyl groups is 2. The number of nitrogens with one attached hydrogen (secondary N) is 1. The van der Waals surface area contributed by atoms with Gasteiger partial charge in [0.2, 0.25) is 0 Å². The largest absolute Gasteiger partial charge is 0.457 e. The lowest BCUT2D eigenvalue weighted by molar-refractivity contribution is -0.251. The zero-order valence-electron chi connectivity index (χ0n) is 30.9. The molecule has 2 spiro atoms. The normalized spacial score (nSPS) is 52.1. The molecule has 0 aromatic heterocycles. The summed E-state index contributed by atoms with van der Waals surface area (Å²) in [5, 5.41) is 27.0. The number of carbonyl (C=O) groups is 1. The van der Waals surface area contributed by atoms with Crippen LogP contribution >= 0.6 is 0 Å². The van der Waals surface area contributed by atoms with Crippen molar-refractivity contribution in [2.75, 3.05) is 32.8 Å².